The van der Waals surface area contributed by atoms with Crippen molar-refractivity contribution in [2.45, 2.75) is 19.9 Å². The molecule has 3 rings (SSSR count). The average molecular weight is 284 g/mol. The van der Waals surface area contributed by atoms with E-state index >= 15 is 0 Å². The van der Waals surface area contributed by atoms with Crippen molar-refractivity contribution in [2.75, 3.05) is 5.32 Å². The summed E-state index contributed by atoms with van der Waals surface area (Å²) in [5.74, 6) is 0. The molecular formula is C15H16N4S. The van der Waals surface area contributed by atoms with Crippen molar-refractivity contribution in [2.24, 2.45) is 0 Å². The van der Waals surface area contributed by atoms with Crippen LogP contribution in [0.2, 0.25) is 0 Å². The number of benzene rings is 1. The molecule has 5 heteroatoms. The molecule has 1 aromatic carbocycles. The zero-order valence-corrected chi connectivity index (χ0v) is 12.1. The van der Waals surface area contributed by atoms with E-state index in [-0.39, 0.29) is 0 Å². The summed E-state index contributed by atoms with van der Waals surface area (Å²) in [7, 11) is 0. The quantitative estimate of drug-likeness (QED) is 0.779. The first-order valence-electron chi connectivity index (χ1n) is 6.63. The van der Waals surface area contributed by atoms with Gasteiger partial charge in [0, 0.05) is 23.5 Å². The molecule has 2 aromatic heterocycles. The molecule has 0 amide bonds. The first-order valence-corrected chi connectivity index (χ1v) is 7.45. The van der Waals surface area contributed by atoms with Crippen LogP contribution in [0.3, 0.4) is 0 Å². The van der Waals surface area contributed by atoms with Crippen LogP contribution in [0, 0.1) is 0 Å². The van der Waals surface area contributed by atoms with Gasteiger partial charge < -0.3 is 5.32 Å². The molecular weight excluding hydrogens is 268 g/mol. The van der Waals surface area contributed by atoms with Crippen LogP contribution in [-0.4, -0.2) is 14.8 Å². The summed E-state index contributed by atoms with van der Waals surface area (Å²) < 4.78 is 1.87. The molecule has 1 N–H and O–H groups in total. The van der Waals surface area contributed by atoms with E-state index in [1.807, 2.05) is 35.3 Å². The molecule has 0 fully saturated rings. The summed E-state index contributed by atoms with van der Waals surface area (Å²) in [6, 6.07) is 10.1. The fourth-order valence-electron chi connectivity index (χ4n) is 2.01. The maximum absolute atomic E-state index is 4.38. The third-order valence-corrected chi connectivity index (χ3v) is 4.15. The average Bonchev–Trinajstić information content (AvgIpc) is 3.17. The maximum atomic E-state index is 4.38. The van der Waals surface area contributed by atoms with Crippen LogP contribution < -0.4 is 5.32 Å². The van der Waals surface area contributed by atoms with E-state index in [1.165, 1.54) is 9.88 Å². The first-order chi connectivity index (χ1) is 9.86. The predicted octanol–water partition coefficient (Wildman–Crippen LogP) is 3.50. The molecule has 4 nitrogen and oxygen atoms in total. The summed E-state index contributed by atoms with van der Waals surface area (Å²) in [5.41, 5.74) is 2.13. The number of nitrogens with zero attached hydrogens (tertiary/aromatic N) is 3. The van der Waals surface area contributed by atoms with Crippen molar-refractivity contribution in [1.29, 1.82) is 0 Å². The molecule has 0 aliphatic heterocycles. The lowest BCUT2D eigenvalue weighted by atomic mass is 10.2. The minimum absolute atomic E-state index is 0.788. The topological polar surface area (TPSA) is 42.7 Å². The SMILES string of the molecule is CCc1ncc(CNc2ccccc2-n2cccn2)s1. The fraction of sp³-hybridized carbons (Fsp3) is 0.200. The highest BCUT2D eigenvalue weighted by Gasteiger charge is 2.05. The molecule has 102 valence electrons. The maximum Gasteiger partial charge on any atom is 0.0925 e. The van der Waals surface area contributed by atoms with Crippen molar-refractivity contribution >= 4 is 17.0 Å². The second-order valence-corrected chi connectivity index (χ2v) is 5.59. The molecule has 0 radical (unpaired) electrons. The Morgan fingerprint density at radius 2 is 2.15 bits per heavy atom. The monoisotopic (exact) mass is 284 g/mol. The lowest BCUT2D eigenvalue weighted by molar-refractivity contribution is 0.879. The number of hydrogen-bond donors (Lipinski definition) is 1. The third-order valence-electron chi connectivity index (χ3n) is 3.01. The fourth-order valence-corrected chi connectivity index (χ4v) is 2.81. The zero-order chi connectivity index (χ0) is 13.8. The highest BCUT2D eigenvalue weighted by atomic mass is 32.1. The number of aryl methyl sites for hydroxylation is 1. The van der Waals surface area contributed by atoms with Crippen LogP contribution in [0.5, 0.6) is 0 Å². The molecule has 0 unspecified atom stereocenters. The van der Waals surface area contributed by atoms with Crippen molar-refractivity contribution in [3.05, 3.63) is 58.8 Å². The van der Waals surface area contributed by atoms with Crippen molar-refractivity contribution in [1.82, 2.24) is 14.8 Å². The Labute approximate surface area is 122 Å². The van der Waals surface area contributed by atoms with E-state index < -0.39 is 0 Å². The van der Waals surface area contributed by atoms with E-state index in [2.05, 4.69) is 34.5 Å². The van der Waals surface area contributed by atoms with Gasteiger partial charge in [-0.05, 0) is 24.6 Å². The van der Waals surface area contributed by atoms with Gasteiger partial charge >= 0.3 is 0 Å². The largest absolute Gasteiger partial charge is 0.378 e. The van der Waals surface area contributed by atoms with Gasteiger partial charge in [-0.1, -0.05) is 19.1 Å². The Morgan fingerprint density at radius 3 is 2.90 bits per heavy atom. The summed E-state index contributed by atoms with van der Waals surface area (Å²) in [6.45, 7) is 2.92. The van der Waals surface area contributed by atoms with E-state index in [1.54, 1.807) is 17.5 Å². The van der Waals surface area contributed by atoms with Crippen LogP contribution in [-0.2, 0) is 13.0 Å². The molecule has 0 aliphatic rings. The van der Waals surface area contributed by atoms with Crippen LogP contribution in [0.25, 0.3) is 5.69 Å². The molecule has 0 aliphatic carbocycles. The van der Waals surface area contributed by atoms with Gasteiger partial charge in [0.25, 0.3) is 0 Å². The first kappa shape index (κ1) is 12.9. The number of hydrogen-bond acceptors (Lipinski definition) is 4. The molecule has 0 saturated heterocycles. The summed E-state index contributed by atoms with van der Waals surface area (Å²) in [4.78, 5) is 5.63. The van der Waals surface area contributed by atoms with Crippen LogP contribution in [0.1, 0.15) is 16.8 Å². The van der Waals surface area contributed by atoms with Crippen molar-refractivity contribution in [3.8, 4) is 5.69 Å². The smallest absolute Gasteiger partial charge is 0.0925 e. The van der Waals surface area contributed by atoms with E-state index in [0.717, 1.165) is 24.3 Å². The van der Waals surface area contributed by atoms with Gasteiger partial charge in [0.2, 0.25) is 0 Å². The van der Waals surface area contributed by atoms with Gasteiger partial charge in [0.15, 0.2) is 0 Å². The van der Waals surface area contributed by atoms with Gasteiger partial charge in [-0.3, -0.25) is 0 Å². The van der Waals surface area contributed by atoms with Gasteiger partial charge in [-0.25, -0.2) is 9.67 Å². The van der Waals surface area contributed by atoms with Crippen LogP contribution in [0.4, 0.5) is 5.69 Å². The molecule has 20 heavy (non-hydrogen) atoms. The van der Waals surface area contributed by atoms with Gasteiger partial charge in [-0.15, -0.1) is 11.3 Å². The van der Waals surface area contributed by atoms with Gasteiger partial charge in [0.1, 0.15) is 0 Å². The van der Waals surface area contributed by atoms with Gasteiger partial charge in [-0.2, -0.15) is 5.10 Å². The summed E-state index contributed by atoms with van der Waals surface area (Å²) in [5, 5.41) is 8.93. The number of thiazole rings is 1. The molecule has 2 heterocycles. The second kappa shape index (κ2) is 5.88. The molecule has 3 aromatic rings. The van der Waals surface area contributed by atoms with E-state index in [0.29, 0.717) is 0 Å². The summed E-state index contributed by atoms with van der Waals surface area (Å²) >= 11 is 1.76. The minimum Gasteiger partial charge on any atom is -0.378 e. The van der Waals surface area contributed by atoms with E-state index in [9.17, 15) is 0 Å². The number of para-hydroxylation sites is 2. The standard InChI is InChI=1S/C15H16N4S/c1-2-15-17-11-12(20-15)10-16-13-6-3-4-7-14(13)19-9-5-8-18-19/h3-9,11,16H,2,10H2,1H3. The highest BCUT2D eigenvalue weighted by molar-refractivity contribution is 7.11. The Balaban J connectivity index is 1.77. The lowest BCUT2D eigenvalue weighted by Crippen LogP contribution is -2.03. The van der Waals surface area contributed by atoms with Crippen LogP contribution in [0.15, 0.2) is 48.9 Å². The number of aromatic nitrogens is 3. The highest BCUT2D eigenvalue weighted by Crippen LogP contribution is 2.21. The number of rotatable bonds is 5. The second-order valence-electron chi connectivity index (χ2n) is 4.40. The number of nitrogens with one attached hydrogen (secondary N) is 1. The lowest BCUT2D eigenvalue weighted by Gasteiger charge is -2.11. The minimum atomic E-state index is 0.788. The normalized spacial score (nSPS) is 10.7. The predicted molar refractivity (Wildman–Crippen MR) is 82.4 cm³/mol. The Bertz CT molecular complexity index is 673. The van der Waals surface area contributed by atoms with Crippen molar-refractivity contribution < 1.29 is 0 Å². The van der Waals surface area contributed by atoms with Gasteiger partial charge in [0.05, 0.1) is 22.9 Å². The molecule has 0 atom stereocenters. The zero-order valence-electron chi connectivity index (χ0n) is 11.3. The van der Waals surface area contributed by atoms with E-state index in [4.69, 9.17) is 0 Å². The summed E-state index contributed by atoms with van der Waals surface area (Å²) in [6.07, 6.45) is 6.68. The Morgan fingerprint density at radius 1 is 1.25 bits per heavy atom. The van der Waals surface area contributed by atoms with Crippen molar-refractivity contribution in [3.63, 3.8) is 0 Å². The third kappa shape index (κ3) is 2.72. The van der Waals surface area contributed by atoms with Crippen LogP contribution >= 0.6 is 11.3 Å². The molecule has 0 bridgehead atoms. The molecule has 0 spiro atoms. The molecule has 0 saturated carbocycles. The Hall–Kier alpha value is -2.14. The Kier molecular flexibility index (Phi) is 3.78. The number of anilines is 1.